The Morgan fingerprint density at radius 3 is 2.64 bits per heavy atom. The molecule has 0 saturated carbocycles. The van der Waals surface area contributed by atoms with Crippen LogP contribution in [0.4, 0.5) is 0 Å². The number of amides is 1. The minimum atomic E-state index is -0.856. The first-order chi connectivity index (χ1) is 6.61. The summed E-state index contributed by atoms with van der Waals surface area (Å²) < 4.78 is 0. The van der Waals surface area contributed by atoms with Crippen molar-refractivity contribution >= 4 is 11.9 Å². The van der Waals surface area contributed by atoms with Crippen molar-refractivity contribution < 1.29 is 14.7 Å². The molecular formula is C10H17NO3. The van der Waals surface area contributed by atoms with Gasteiger partial charge in [-0.3, -0.25) is 9.59 Å². The number of carboxylic acid groups (broad SMARTS) is 1. The maximum Gasteiger partial charge on any atom is 0.308 e. The van der Waals surface area contributed by atoms with Gasteiger partial charge in [-0.15, -0.1) is 6.58 Å². The van der Waals surface area contributed by atoms with Gasteiger partial charge in [-0.25, -0.2) is 0 Å². The van der Waals surface area contributed by atoms with E-state index in [0.29, 0.717) is 6.42 Å². The molecule has 1 amide bonds. The lowest BCUT2D eigenvalue weighted by Crippen LogP contribution is -2.32. The second-order valence-corrected chi connectivity index (χ2v) is 3.12. The lowest BCUT2D eigenvalue weighted by molar-refractivity contribution is -0.141. The smallest absolute Gasteiger partial charge is 0.308 e. The largest absolute Gasteiger partial charge is 0.481 e. The van der Waals surface area contributed by atoms with E-state index in [1.807, 2.05) is 6.92 Å². The fraction of sp³-hybridized carbons (Fsp3) is 0.600. The summed E-state index contributed by atoms with van der Waals surface area (Å²) in [5, 5.41) is 11.3. The van der Waals surface area contributed by atoms with Crippen molar-refractivity contribution in [1.29, 1.82) is 0 Å². The summed E-state index contributed by atoms with van der Waals surface area (Å²) in [5.74, 6) is -1.51. The Morgan fingerprint density at radius 1 is 1.57 bits per heavy atom. The Hall–Kier alpha value is -1.32. The molecule has 0 aromatic heterocycles. The Labute approximate surface area is 84.0 Å². The van der Waals surface area contributed by atoms with Gasteiger partial charge in [0.15, 0.2) is 0 Å². The molecule has 0 saturated heterocycles. The maximum absolute atomic E-state index is 11.0. The van der Waals surface area contributed by atoms with Crippen molar-refractivity contribution in [2.45, 2.75) is 26.2 Å². The van der Waals surface area contributed by atoms with Crippen LogP contribution < -0.4 is 5.32 Å². The molecule has 80 valence electrons. The molecule has 0 rings (SSSR count). The third-order valence-corrected chi connectivity index (χ3v) is 1.86. The molecule has 0 aliphatic heterocycles. The molecule has 0 aromatic rings. The van der Waals surface area contributed by atoms with Crippen LogP contribution in [0.15, 0.2) is 12.7 Å². The lowest BCUT2D eigenvalue weighted by atomic mass is 10.0. The van der Waals surface area contributed by atoms with Crippen LogP contribution >= 0.6 is 0 Å². The van der Waals surface area contributed by atoms with E-state index >= 15 is 0 Å². The molecule has 0 bridgehead atoms. The van der Waals surface area contributed by atoms with Crippen molar-refractivity contribution in [2.24, 2.45) is 5.92 Å². The predicted molar refractivity (Wildman–Crippen MR) is 53.9 cm³/mol. The number of hydrogen-bond acceptors (Lipinski definition) is 2. The Morgan fingerprint density at radius 2 is 2.21 bits per heavy atom. The van der Waals surface area contributed by atoms with E-state index in [9.17, 15) is 9.59 Å². The summed E-state index contributed by atoms with van der Waals surface area (Å²) in [6.07, 6.45) is 3.11. The number of hydrogen-bond donors (Lipinski definition) is 2. The highest BCUT2D eigenvalue weighted by molar-refractivity contribution is 5.78. The topological polar surface area (TPSA) is 66.4 Å². The van der Waals surface area contributed by atoms with Crippen molar-refractivity contribution in [1.82, 2.24) is 5.32 Å². The van der Waals surface area contributed by atoms with Crippen LogP contribution in [0.3, 0.4) is 0 Å². The Balaban J connectivity index is 3.86. The highest BCUT2D eigenvalue weighted by atomic mass is 16.4. The van der Waals surface area contributed by atoms with Crippen LogP contribution in [0.1, 0.15) is 26.2 Å². The molecule has 1 unspecified atom stereocenters. The second kappa shape index (κ2) is 7.12. The number of carboxylic acids is 1. The van der Waals surface area contributed by atoms with E-state index in [0.717, 1.165) is 6.42 Å². The number of nitrogens with one attached hydrogen (secondary N) is 1. The average molecular weight is 199 g/mol. The maximum atomic E-state index is 11.0. The summed E-state index contributed by atoms with van der Waals surface area (Å²) in [5.41, 5.74) is 0. The van der Waals surface area contributed by atoms with Crippen molar-refractivity contribution in [3.63, 3.8) is 0 Å². The summed E-state index contributed by atoms with van der Waals surface area (Å²) >= 11 is 0. The van der Waals surface area contributed by atoms with E-state index in [-0.39, 0.29) is 18.9 Å². The van der Waals surface area contributed by atoms with Crippen molar-refractivity contribution in [2.75, 3.05) is 6.54 Å². The summed E-state index contributed by atoms with van der Waals surface area (Å²) in [6, 6.07) is 0. The average Bonchev–Trinajstić information content (AvgIpc) is 2.12. The van der Waals surface area contributed by atoms with Gasteiger partial charge in [0.1, 0.15) is 0 Å². The van der Waals surface area contributed by atoms with Crippen LogP contribution in [0.5, 0.6) is 0 Å². The lowest BCUT2D eigenvalue weighted by Gasteiger charge is -2.11. The molecule has 4 heteroatoms. The van der Waals surface area contributed by atoms with Gasteiger partial charge in [0.05, 0.1) is 5.92 Å². The van der Waals surface area contributed by atoms with Gasteiger partial charge in [-0.2, -0.15) is 0 Å². The van der Waals surface area contributed by atoms with Gasteiger partial charge >= 0.3 is 5.97 Å². The molecule has 0 spiro atoms. The fourth-order valence-corrected chi connectivity index (χ4v) is 1.10. The summed E-state index contributed by atoms with van der Waals surface area (Å²) in [7, 11) is 0. The zero-order chi connectivity index (χ0) is 11.0. The van der Waals surface area contributed by atoms with Crippen molar-refractivity contribution in [3.05, 3.63) is 12.7 Å². The third kappa shape index (κ3) is 5.35. The molecule has 0 aromatic carbocycles. The van der Waals surface area contributed by atoms with E-state index < -0.39 is 11.9 Å². The monoisotopic (exact) mass is 199 g/mol. The van der Waals surface area contributed by atoms with E-state index in [1.54, 1.807) is 0 Å². The van der Waals surface area contributed by atoms with E-state index in [2.05, 4.69) is 11.9 Å². The van der Waals surface area contributed by atoms with Gasteiger partial charge < -0.3 is 10.4 Å². The second-order valence-electron chi connectivity index (χ2n) is 3.12. The molecule has 1 atom stereocenters. The zero-order valence-corrected chi connectivity index (χ0v) is 8.45. The molecule has 14 heavy (non-hydrogen) atoms. The number of carbonyl (C=O) groups is 2. The number of carbonyl (C=O) groups excluding carboxylic acids is 1. The fourth-order valence-electron chi connectivity index (χ4n) is 1.10. The molecule has 0 fully saturated rings. The standard InChI is InChI=1S/C10H17NO3/c1-3-5-8(10(13)14)7-11-9(12)6-4-2/h4,8H,2-3,5-7H2,1H3,(H,11,12)(H,13,14). The number of aliphatic carboxylic acids is 1. The molecule has 0 aliphatic rings. The van der Waals surface area contributed by atoms with Crippen LogP contribution in [0, 0.1) is 5.92 Å². The molecule has 0 radical (unpaired) electrons. The highest BCUT2D eigenvalue weighted by Gasteiger charge is 2.16. The van der Waals surface area contributed by atoms with Crippen LogP contribution in [-0.4, -0.2) is 23.5 Å². The Bertz CT molecular complexity index is 213. The van der Waals surface area contributed by atoms with Crippen LogP contribution in [0.25, 0.3) is 0 Å². The molecule has 0 aliphatic carbocycles. The van der Waals surface area contributed by atoms with Gasteiger partial charge in [0.25, 0.3) is 0 Å². The van der Waals surface area contributed by atoms with Crippen LogP contribution in [0.2, 0.25) is 0 Å². The van der Waals surface area contributed by atoms with Gasteiger partial charge in [0.2, 0.25) is 5.91 Å². The van der Waals surface area contributed by atoms with E-state index in [4.69, 9.17) is 5.11 Å². The van der Waals surface area contributed by atoms with Crippen LogP contribution in [-0.2, 0) is 9.59 Å². The first-order valence-corrected chi connectivity index (χ1v) is 4.72. The Kier molecular flexibility index (Phi) is 6.45. The molecule has 2 N–H and O–H groups in total. The first kappa shape index (κ1) is 12.7. The highest BCUT2D eigenvalue weighted by Crippen LogP contribution is 2.04. The number of rotatable bonds is 7. The van der Waals surface area contributed by atoms with Gasteiger partial charge in [0, 0.05) is 13.0 Å². The SMILES string of the molecule is C=CCC(=O)NCC(CCC)C(=O)O. The van der Waals surface area contributed by atoms with Gasteiger partial charge in [-0.05, 0) is 6.42 Å². The third-order valence-electron chi connectivity index (χ3n) is 1.86. The summed E-state index contributed by atoms with van der Waals surface area (Å²) in [6.45, 7) is 5.54. The normalized spacial score (nSPS) is 11.8. The molecular weight excluding hydrogens is 182 g/mol. The quantitative estimate of drug-likeness (QED) is 0.605. The van der Waals surface area contributed by atoms with Crippen molar-refractivity contribution in [3.8, 4) is 0 Å². The molecule has 4 nitrogen and oxygen atoms in total. The minimum absolute atomic E-state index is 0.178. The first-order valence-electron chi connectivity index (χ1n) is 4.72. The van der Waals surface area contributed by atoms with Gasteiger partial charge in [-0.1, -0.05) is 19.4 Å². The minimum Gasteiger partial charge on any atom is -0.481 e. The zero-order valence-electron chi connectivity index (χ0n) is 8.45. The molecule has 0 heterocycles. The summed E-state index contributed by atoms with van der Waals surface area (Å²) in [4.78, 5) is 21.7. The van der Waals surface area contributed by atoms with E-state index in [1.165, 1.54) is 6.08 Å². The predicted octanol–water partition coefficient (Wildman–Crippen LogP) is 1.18.